The maximum atomic E-state index is 16.0. The van der Waals surface area contributed by atoms with E-state index in [1.807, 2.05) is 11.8 Å². The number of nitrogens with zero attached hydrogens (tertiary/aromatic N) is 3. The Hall–Kier alpha value is -3.44. The van der Waals surface area contributed by atoms with Crippen molar-refractivity contribution in [3.63, 3.8) is 0 Å². The number of carbonyl (C=O) groups is 2. The lowest BCUT2D eigenvalue weighted by Gasteiger charge is -2.45. The first kappa shape index (κ1) is 27.1. The molecule has 0 bridgehead atoms. The van der Waals surface area contributed by atoms with E-state index in [-0.39, 0.29) is 35.6 Å². The lowest BCUT2D eigenvalue weighted by molar-refractivity contribution is -0.141. The van der Waals surface area contributed by atoms with Crippen molar-refractivity contribution >= 4 is 22.7 Å². The number of hydrogen-bond donors (Lipinski definition) is 2. The Morgan fingerprint density at radius 2 is 1.95 bits per heavy atom. The lowest BCUT2D eigenvalue weighted by atomic mass is 9.74. The largest absolute Gasteiger partial charge is 0.433 e. The number of nitrogens with one attached hydrogen (secondary N) is 1. The van der Waals surface area contributed by atoms with Crippen molar-refractivity contribution in [3.8, 4) is 0 Å². The zero-order valence-electron chi connectivity index (χ0n) is 21.3. The standard InChI is InChI=1S/C28H28F4N4O3/c1-2-18-15-36(14-16-3-7-23(34-12-16)28(30,31)32)10-9-27(18,39)21-5-6-22-20(25(21)29)11-17(13-33-22)19-4-8-24(37)35-26(19)38/h3,5-7,11-13,18-19,39H,2,4,8-10,14-15H2,1H3,(H,35,37,38). The number of likely N-dealkylation sites (tertiary alicyclic amines) is 1. The van der Waals surface area contributed by atoms with Crippen molar-refractivity contribution in [2.75, 3.05) is 13.1 Å². The number of amides is 2. The van der Waals surface area contributed by atoms with Crippen molar-refractivity contribution in [1.29, 1.82) is 0 Å². The van der Waals surface area contributed by atoms with Gasteiger partial charge in [-0.15, -0.1) is 0 Å². The quantitative estimate of drug-likeness (QED) is 0.365. The van der Waals surface area contributed by atoms with Gasteiger partial charge in [-0.3, -0.25) is 29.8 Å². The summed E-state index contributed by atoms with van der Waals surface area (Å²) in [5, 5.41) is 14.3. The summed E-state index contributed by atoms with van der Waals surface area (Å²) in [5.41, 5.74) is -0.759. The molecule has 2 aliphatic heterocycles. The Labute approximate surface area is 222 Å². The molecule has 3 aromatic rings. The molecule has 5 rings (SSSR count). The molecule has 2 aromatic heterocycles. The monoisotopic (exact) mass is 544 g/mol. The zero-order valence-corrected chi connectivity index (χ0v) is 21.3. The van der Waals surface area contributed by atoms with Gasteiger partial charge in [0.1, 0.15) is 11.5 Å². The van der Waals surface area contributed by atoms with Crippen LogP contribution in [0.1, 0.15) is 60.9 Å². The van der Waals surface area contributed by atoms with Crippen LogP contribution in [-0.4, -0.2) is 44.9 Å². The van der Waals surface area contributed by atoms with E-state index in [2.05, 4.69) is 15.3 Å². The summed E-state index contributed by atoms with van der Waals surface area (Å²) in [5.74, 6) is -2.34. The second-order valence-electron chi connectivity index (χ2n) is 10.3. The highest BCUT2D eigenvalue weighted by atomic mass is 19.4. The minimum atomic E-state index is -4.50. The van der Waals surface area contributed by atoms with E-state index >= 15 is 4.39 Å². The first-order valence-electron chi connectivity index (χ1n) is 12.9. The fourth-order valence-corrected chi connectivity index (χ4v) is 5.71. The van der Waals surface area contributed by atoms with E-state index < -0.39 is 35.1 Å². The van der Waals surface area contributed by atoms with Gasteiger partial charge in [-0.05, 0) is 48.6 Å². The van der Waals surface area contributed by atoms with Gasteiger partial charge in [0.2, 0.25) is 11.8 Å². The number of alkyl halides is 3. The van der Waals surface area contributed by atoms with Crippen molar-refractivity contribution in [2.24, 2.45) is 5.92 Å². The van der Waals surface area contributed by atoms with Gasteiger partial charge in [-0.25, -0.2) is 4.39 Å². The molecular weight excluding hydrogens is 516 g/mol. The number of fused-ring (bicyclic) bond motifs is 1. The second-order valence-corrected chi connectivity index (χ2v) is 10.3. The van der Waals surface area contributed by atoms with E-state index in [0.29, 0.717) is 49.1 Å². The van der Waals surface area contributed by atoms with E-state index in [9.17, 15) is 27.9 Å². The Bertz CT molecular complexity index is 1410. The highest BCUT2D eigenvalue weighted by Gasteiger charge is 2.44. The number of piperidine rings is 2. The second kappa shape index (κ2) is 10.3. The smallest absolute Gasteiger partial charge is 0.385 e. The lowest BCUT2D eigenvalue weighted by Crippen LogP contribution is -2.50. The Kier molecular flexibility index (Phi) is 7.15. The molecule has 7 nitrogen and oxygen atoms in total. The molecule has 39 heavy (non-hydrogen) atoms. The molecule has 206 valence electrons. The third-order valence-corrected chi connectivity index (χ3v) is 7.91. The van der Waals surface area contributed by atoms with Crippen molar-refractivity contribution < 1.29 is 32.3 Å². The average molecular weight is 545 g/mol. The van der Waals surface area contributed by atoms with Gasteiger partial charge in [-0.1, -0.05) is 19.1 Å². The number of pyridine rings is 2. The van der Waals surface area contributed by atoms with Crippen LogP contribution in [0.25, 0.3) is 10.9 Å². The molecule has 4 heterocycles. The first-order chi connectivity index (χ1) is 18.5. The number of carbonyl (C=O) groups excluding carboxylic acids is 2. The fourth-order valence-electron chi connectivity index (χ4n) is 5.71. The van der Waals surface area contributed by atoms with Crippen LogP contribution in [0, 0.1) is 11.7 Å². The zero-order chi connectivity index (χ0) is 27.9. The molecule has 0 saturated carbocycles. The summed E-state index contributed by atoms with van der Waals surface area (Å²) in [6.45, 7) is 3.08. The molecule has 0 aliphatic carbocycles. The number of halogens is 4. The molecule has 0 radical (unpaired) electrons. The van der Waals surface area contributed by atoms with Crippen LogP contribution in [0.5, 0.6) is 0 Å². The minimum Gasteiger partial charge on any atom is -0.385 e. The van der Waals surface area contributed by atoms with Crippen molar-refractivity contribution in [1.82, 2.24) is 20.2 Å². The molecule has 2 N–H and O–H groups in total. The number of imide groups is 1. The van der Waals surface area contributed by atoms with Gasteiger partial charge in [0.25, 0.3) is 0 Å². The van der Waals surface area contributed by atoms with Crippen LogP contribution in [0.2, 0.25) is 0 Å². The van der Waals surface area contributed by atoms with Crippen LogP contribution < -0.4 is 5.32 Å². The van der Waals surface area contributed by atoms with Gasteiger partial charge in [0.15, 0.2) is 0 Å². The number of aromatic nitrogens is 2. The average Bonchev–Trinajstić information content (AvgIpc) is 2.90. The molecule has 3 atom stereocenters. The molecule has 11 heteroatoms. The molecule has 0 spiro atoms. The van der Waals surface area contributed by atoms with E-state index in [1.165, 1.54) is 18.5 Å². The number of hydrogen-bond acceptors (Lipinski definition) is 6. The maximum Gasteiger partial charge on any atom is 0.433 e. The topological polar surface area (TPSA) is 95.4 Å². The molecular formula is C28H28F4N4O3. The summed E-state index contributed by atoms with van der Waals surface area (Å²) in [4.78, 5) is 33.7. The van der Waals surface area contributed by atoms with Crippen LogP contribution in [-0.2, 0) is 27.9 Å². The predicted octanol–water partition coefficient (Wildman–Crippen LogP) is 4.43. The molecule has 2 fully saturated rings. The summed E-state index contributed by atoms with van der Waals surface area (Å²) < 4.78 is 54.5. The Morgan fingerprint density at radius 3 is 2.62 bits per heavy atom. The van der Waals surface area contributed by atoms with Crippen LogP contribution in [0.4, 0.5) is 17.6 Å². The summed E-state index contributed by atoms with van der Waals surface area (Å²) >= 11 is 0. The Balaban J connectivity index is 1.38. The molecule has 2 saturated heterocycles. The van der Waals surface area contributed by atoms with Gasteiger partial charge < -0.3 is 5.11 Å². The highest BCUT2D eigenvalue weighted by Crippen LogP contribution is 2.42. The molecule has 2 aliphatic rings. The van der Waals surface area contributed by atoms with Crippen molar-refractivity contribution in [3.05, 3.63) is 70.9 Å². The third kappa shape index (κ3) is 5.25. The van der Waals surface area contributed by atoms with Crippen LogP contribution in [0.15, 0.2) is 42.7 Å². The SMILES string of the molecule is CCC1CN(Cc2ccc(C(F)(F)F)nc2)CCC1(O)c1ccc2ncc(C3CCC(=O)NC3=O)cc2c1F. The van der Waals surface area contributed by atoms with E-state index in [0.717, 1.165) is 6.07 Å². The summed E-state index contributed by atoms with van der Waals surface area (Å²) in [6.07, 6.45) is -0.512. The third-order valence-electron chi connectivity index (χ3n) is 7.91. The maximum absolute atomic E-state index is 16.0. The fraction of sp³-hybridized carbons (Fsp3) is 0.429. The number of rotatable bonds is 5. The number of aliphatic hydroxyl groups is 1. The summed E-state index contributed by atoms with van der Waals surface area (Å²) in [7, 11) is 0. The van der Waals surface area contributed by atoms with Crippen LogP contribution >= 0.6 is 0 Å². The van der Waals surface area contributed by atoms with E-state index in [1.54, 1.807) is 18.2 Å². The van der Waals surface area contributed by atoms with Gasteiger partial charge in [-0.2, -0.15) is 13.2 Å². The molecule has 1 aromatic carbocycles. The first-order valence-corrected chi connectivity index (χ1v) is 12.9. The minimum absolute atomic E-state index is 0.153. The molecule has 3 unspecified atom stereocenters. The normalized spacial score (nSPS) is 24.7. The highest BCUT2D eigenvalue weighted by molar-refractivity contribution is 6.01. The predicted molar refractivity (Wildman–Crippen MR) is 134 cm³/mol. The number of benzene rings is 1. The van der Waals surface area contributed by atoms with Gasteiger partial charge in [0.05, 0.1) is 17.0 Å². The van der Waals surface area contributed by atoms with E-state index in [4.69, 9.17) is 0 Å². The Morgan fingerprint density at radius 1 is 1.15 bits per heavy atom. The van der Waals surface area contributed by atoms with Crippen molar-refractivity contribution in [2.45, 2.75) is 56.8 Å². The van der Waals surface area contributed by atoms with Gasteiger partial charge in [0, 0.05) is 55.3 Å². The summed E-state index contributed by atoms with van der Waals surface area (Å²) in [6, 6.07) is 7.11. The molecule has 2 amide bonds. The van der Waals surface area contributed by atoms with Gasteiger partial charge >= 0.3 is 6.18 Å². The van der Waals surface area contributed by atoms with Crippen LogP contribution in [0.3, 0.4) is 0 Å².